The Bertz CT molecular complexity index is 231. The maximum absolute atomic E-state index is 3.74. The summed E-state index contributed by atoms with van der Waals surface area (Å²) in [6.07, 6.45) is 9.84. The van der Waals surface area contributed by atoms with Gasteiger partial charge in [-0.2, -0.15) is 11.8 Å². The van der Waals surface area contributed by atoms with E-state index in [-0.39, 0.29) is 0 Å². The number of thioether (sulfide) groups is 1. The molecule has 5 atom stereocenters. The Kier molecular flexibility index (Phi) is 5.23. The first-order valence-corrected chi connectivity index (χ1v) is 8.86. The van der Waals surface area contributed by atoms with Gasteiger partial charge in [0.25, 0.3) is 0 Å². The van der Waals surface area contributed by atoms with E-state index in [1.165, 1.54) is 25.0 Å². The molecular formula is C15H29NS. The van der Waals surface area contributed by atoms with Crippen molar-refractivity contribution in [3.63, 3.8) is 0 Å². The molecule has 0 heterocycles. The second-order valence-corrected chi connectivity index (χ2v) is 7.18. The normalized spacial score (nSPS) is 35.1. The van der Waals surface area contributed by atoms with Gasteiger partial charge in [-0.3, -0.25) is 0 Å². The summed E-state index contributed by atoms with van der Waals surface area (Å²) in [6, 6.07) is 0.761. The zero-order valence-corrected chi connectivity index (χ0v) is 12.6. The van der Waals surface area contributed by atoms with Crippen molar-refractivity contribution in [2.24, 2.45) is 23.7 Å². The highest BCUT2D eigenvalue weighted by atomic mass is 32.2. The number of hydrogen-bond acceptors (Lipinski definition) is 2. The van der Waals surface area contributed by atoms with Gasteiger partial charge in [-0.1, -0.05) is 20.3 Å². The van der Waals surface area contributed by atoms with Gasteiger partial charge >= 0.3 is 0 Å². The van der Waals surface area contributed by atoms with Crippen LogP contribution in [0.15, 0.2) is 0 Å². The molecule has 1 N–H and O–H groups in total. The van der Waals surface area contributed by atoms with Crippen molar-refractivity contribution in [3.05, 3.63) is 0 Å². The highest BCUT2D eigenvalue weighted by Crippen LogP contribution is 2.50. The molecule has 5 unspecified atom stereocenters. The molecule has 2 aliphatic rings. The monoisotopic (exact) mass is 255 g/mol. The summed E-state index contributed by atoms with van der Waals surface area (Å²) >= 11 is 2.00. The van der Waals surface area contributed by atoms with E-state index in [1.807, 2.05) is 11.8 Å². The van der Waals surface area contributed by atoms with Crippen LogP contribution in [-0.2, 0) is 0 Å². The Morgan fingerprint density at radius 1 is 1.29 bits per heavy atom. The number of fused-ring (bicyclic) bond motifs is 2. The minimum atomic E-state index is 0.761. The lowest BCUT2D eigenvalue weighted by Gasteiger charge is -2.30. The van der Waals surface area contributed by atoms with Gasteiger partial charge in [-0.15, -0.1) is 0 Å². The first-order valence-electron chi connectivity index (χ1n) is 7.46. The summed E-state index contributed by atoms with van der Waals surface area (Å²) in [5.74, 6) is 5.36. The third-order valence-electron chi connectivity index (χ3n) is 5.02. The van der Waals surface area contributed by atoms with E-state index in [2.05, 4.69) is 25.4 Å². The van der Waals surface area contributed by atoms with E-state index >= 15 is 0 Å². The fourth-order valence-electron chi connectivity index (χ4n) is 4.15. The van der Waals surface area contributed by atoms with E-state index in [1.54, 1.807) is 12.8 Å². The first-order chi connectivity index (χ1) is 8.24. The van der Waals surface area contributed by atoms with Crippen LogP contribution in [0.1, 0.15) is 46.0 Å². The SMILES string of the molecule is CCNC(CC1CC2CCC1C2)C(C)CSC. The fourth-order valence-corrected chi connectivity index (χ4v) is 4.91. The summed E-state index contributed by atoms with van der Waals surface area (Å²) in [5, 5.41) is 3.74. The zero-order valence-electron chi connectivity index (χ0n) is 11.7. The molecule has 0 aromatic rings. The maximum atomic E-state index is 3.74. The summed E-state index contributed by atoms with van der Waals surface area (Å²) in [6.45, 7) is 5.81. The van der Waals surface area contributed by atoms with Crippen molar-refractivity contribution < 1.29 is 0 Å². The quantitative estimate of drug-likeness (QED) is 0.743. The van der Waals surface area contributed by atoms with Crippen LogP contribution in [0.4, 0.5) is 0 Å². The van der Waals surface area contributed by atoms with Gasteiger partial charge in [-0.25, -0.2) is 0 Å². The van der Waals surface area contributed by atoms with Crippen LogP contribution in [0.25, 0.3) is 0 Å². The topological polar surface area (TPSA) is 12.0 Å². The third-order valence-corrected chi connectivity index (χ3v) is 5.88. The second-order valence-electron chi connectivity index (χ2n) is 6.27. The van der Waals surface area contributed by atoms with Crippen LogP contribution in [-0.4, -0.2) is 24.6 Å². The molecule has 2 fully saturated rings. The lowest BCUT2D eigenvalue weighted by atomic mass is 9.82. The number of rotatable bonds is 7. The molecule has 0 saturated heterocycles. The minimum Gasteiger partial charge on any atom is -0.314 e. The van der Waals surface area contributed by atoms with Gasteiger partial charge in [0.1, 0.15) is 0 Å². The van der Waals surface area contributed by atoms with Crippen molar-refractivity contribution in [1.29, 1.82) is 0 Å². The van der Waals surface area contributed by atoms with Gasteiger partial charge < -0.3 is 5.32 Å². The summed E-state index contributed by atoms with van der Waals surface area (Å²) in [7, 11) is 0. The van der Waals surface area contributed by atoms with Crippen LogP contribution in [0, 0.1) is 23.7 Å². The van der Waals surface area contributed by atoms with Gasteiger partial charge in [-0.05, 0) is 67.9 Å². The van der Waals surface area contributed by atoms with E-state index in [9.17, 15) is 0 Å². The average Bonchev–Trinajstić information content (AvgIpc) is 2.90. The summed E-state index contributed by atoms with van der Waals surface area (Å²) in [4.78, 5) is 0. The Balaban J connectivity index is 1.84. The molecule has 0 spiro atoms. The predicted octanol–water partition coefficient (Wildman–Crippen LogP) is 3.79. The van der Waals surface area contributed by atoms with E-state index < -0.39 is 0 Å². The van der Waals surface area contributed by atoms with Gasteiger partial charge in [0.15, 0.2) is 0 Å². The molecule has 2 heteroatoms. The Morgan fingerprint density at radius 2 is 2.12 bits per heavy atom. The Morgan fingerprint density at radius 3 is 2.65 bits per heavy atom. The molecule has 2 aliphatic carbocycles. The second kappa shape index (κ2) is 6.47. The molecule has 2 rings (SSSR count). The highest BCUT2D eigenvalue weighted by molar-refractivity contribution is 7.98. The maximum Gasteiger partial charge on any atom is 0.0103 e. The van der Waals surface area contributed by atoms with Crippen LogP contribution in [0.2, 0.25) is 0 Å². The van der Waals surface area contributed by atoms with Crippen LogP contribution >= 0.6 is 11.8 Å². The molecule has 100 valence electrons. The summed E-state index contributed by atoms with van der Waals surface area (Å²) in [5.41, 5.74) is 0. The van der Waals surface area contributed by atoms with Crippen molar-refractivity contribution in [1.82, 2.24) is 5.32 Å². The lowest BCUT2D eigenvalue weighted by molar-refractivity contribution is 0.252. The van der Waals surface area contributed by atoms with Gasteiger partial charge in [0.05, 0.1) is 0 Å². The smallest absolute Gasteiger partial charge is 0.0103 e. The molecule has 2 bridgehead atoms. The molecule has 0 aromatic carbocycles. The number of hydrogen-bond donors (Lipinski definition) is 1. The Hall–Kier alpha value is 0.310. The van der Waals surface area contributed by atoms with Crippen molar-refractivity contribution in [2.45, 2.75) is 52.0 Å². The standard InChI is InChI=1S/C15H29NS/c1-4-16-15(11(2)10-17-3)9-14-8-12-5-6-13(14)7-12/h11-16H,4-10H2,1-3H3. The molecule has 17 heavy (non-hydrogen) atoms. The van der Waals surface area contributed by atoms with Crippen molar-refractivity contribution >= 4 is 11.8 Å². The Labute approximate surface area is 112 Å². The van der Waals surface area contributed by atoms with Crippen LogP contribution in [0.3, 0.4) is 0 Å². The lowest BCUT2D eigenvalue weighted by Crippen LogP contribution is -2.38. The zero-order chi connectivity index (χ0) is 12.3. The fraction of sp³-hybridized carbons (Fsp3) is 1.00. The van der Waals surface area contributed by atoms with E-state index in [0.717, 1.165) is 36.3 Å². The largest absolute Gasteiger partial charge is 0.314 e. The molecular weight excluding hydrogens is 226 g/mol. The van der Waals surface area contributed by atoms with Crippen molar-refractivity contribution in [3.8, 4) is 0 Å². The molecule has 0 radical (unpaired) electrons. The molecule has 0 amide bonds. The predicted molar refractivity (Wildman–Crippen MR) is 78.6 cm³/mol. The average molecular weight is 255 g/mol. The van der Waals surface area contributed by atoms with E-state index in [4.69, 9.17) is 0 Å². The van der Waals surface area contributed by atoms with Crippen LogP contribution < -0.4 is 5.32 Å². The first kappa shape index (κ1) is 13.7. The minimum absolute atomic E-state index is 0.761. The van der Waals surface area contributed by atoms with Crippen molar-refractivity contribution in [2.75, 3.05) is 18.6 Å². The third kappa shape index (κ3) is 3.41. The van der Waals surface area contributed by atoms with Crippen LogP contribution in [0.5, 0.6) is 0 Å². The molecule has 1 nitrogen and oxygen atoms in total. The molecule has 2 saturated carbocycles. The van der Waals surface area contributed by atoms with E-state index in [0.29, 0.717) is 0 Å². The number of nitrogens with one attached hydrogen (secondary N) is 1. The molecule has 0 aliphatic heterocycles. The van der Waals surface area contributed by atoms with Gasteiger partial charge in [0.2, 0.25) is 0 Å². The van der Waals surface area contributed by atoms with Gasteiger partial charge in [0, 0.05) is 6.04 Å². The molecule has 0 aromatic heterocycles. The highest BCUT2D eigenvalue weighted by Gasteiger charge is 2.40. The summed E-state index contributed by atoms with van der Waals surface area (Å²) < 4.78 is 0.